The van der Waals surface area contributed by atoms with Gasteiger partial charge in [-0.25, -0.2) is 0 Å². The number of anilines is 2. The van der Waals surface area contributed by atoms with E-state index in [1.807, 2.05) is 74.4 Å². The summed E-state index contributed by atoms with van der Waals surface area (Å²) in [5.74, 6) is 0.775. The van der Waals surface area contributed by atoms with Gasteiger partial charge in [-0.3, -0.25) is 9.69 Å². The van der Waals surface area contributed by atoms with Crippen molar-refractivity contribution in [2.75, 3.05) is 26.1 Å². The van der Waals surface area contributed by atoms with Gasteiger partial charge in [0, 0.05) is 31.0 Å². The van der Waals surface area contributed by atoms with E-state index in [-0.39, 0.29) is 5.91 Å². The molecule has 1 aliphatic rings. The van der Waals surface area contributed by atoms with Crippen LogP contribution < -0.4 is 9.64 Å². The molecule has 1 heterocycles. The number of allylic oxidation sites excluding steroid dienone is 1. The Morgan fingerprint density at radius 3 is 2.30 bits per heavy atom. The minimum absolute atomic E-state index is 0.00238. The van der Waals surface area contributed by atoms with Gasteiger partial charge in [0.2, 0.25) is 0 Å². The SMILES string of the molecule is COc1ccc(N2C(=O)/C(=C(/C)N(C)C)c3ccccc32)cc1. The van der Waals surface area contributed by atoms with Crippen molar-refractivity contribution in [3.8, 4) is 5.75 Å². The molecule has 0 unspecified atom stereocenters. The van der Waals surface area contributed by atoms with E-state index in [0.29, 0.717) is 0 Å². The molecule has 0 saturated heterocycles. The standard InChI is InChI=1S/C19H20N2O2/c1-13(20(2)3)18-16-7-5-6-8-17(16)21(19(18)22)14-9-11-15(23-4)12-10-14/h5-12H,1-4H3/b18-13-. The number of rotatable bonds is 3. The number of hydrogen-bond acceptors (Lipinski definition) is 3. The maximum absolute atomic E-state index is 13.1. The molecule has 3 rings (SSSR count). The van der Waals surface area contributed by atoms with Crippen LogP contribution in [0.25, 0.3) is 5.57 Å². The van der Waals surface area contributed by atoms with Crippen molar-refractivity contribution in [3.05, 3.63) is 59.8 Å². The molecule has 0 N–H and O–H groups in total. The normalized spacial score (nSPS) is 15.5. The van der Waals surface area contributed by atoms with Crippen molar-refractivity contribution in [2.24, 2.45) is 0 Å². The third-order valence-corrected chi connectivity index (χ3v) is 4.19. The Balaban J connectivity index is 2.16. The summed E-state index contributed by atoms with van der Waals surface area (Å²) in [5.41, 5.74) is 4.43. The number of ether oxygens (including phenoxy) is 1. The second-order valence-electron chi connectivity index (χ2n) is 5.71. The van der Waals surface area contributed by atoms with Gasteiger partial charge in [-0.2, -0.15) is 0 Å². The van der Waals surface area contributed by atoms with E-state index >= 15 is 0 Å². The van der Waals surface area contributed by atoms with Crippen LogP contribution in [0.15, 0.2) is 54.2 Å². The highest BCUT2D eigenvalue weighted by Gasteiger charge is 2.34. The van der Waals surface area contributed by atoms with Crippen LogP contribution in [0.2, 0.25) is 0 Å². The average molecular weight is 308 g/mol. The van der Waals surface area contributed by atoms with Gasteiger partial charge in [0.05, 0.1) is 18.4 Å². The number of carbonyl (C=O) groups excluding carboxylic acids is 1. The molecule has 0 fully saturated rings. The van der Waals surface area contributed by atoms with Crippen molar-refractivity contribution in [1.29, 1.82) is 0 Å². The highest BCUT2D eigenvalue weighted by atomic mass is 16.5. The van der Waals surface area contributed by atoms with Crippen molar-refractivity contribution in [1.82, 2.24) is 4.90 Å². The first-order valence-corrected chi connectivity index (χ1v) is 7.50. The third-order valence-electron chi connectivity index (χ3n) is 4.19. The maximum atomic E-state index is 13.1. The number of nitrogens with zero attached hydrogens (tertiary/aromatic N) is 2. The molecule has 0 radical (unpaired) electrons. The molecule has 0 spiro atoms. The summed E-state index contributed by atoms with van der Waals surface area (Å²) >= 11 is 0. The van der Waals surface area contributed by atoms with Gasteiger partial charge in [0.1, 0.15) is 5.75 Å². The van der Waals surface area contributed by atoms with Crippen LogP contribution in [0.1, 0.15) is 12.5 Å². The second kappa shape index (κ2) is 5.80. The Morgan fingerprint density at radius 1 is 1.04 bits per heavy atom. The molecule has 4 heteroatoms. The topological polar surface area (TPSA) is 32.8 Å². The fraction of sp³-hybridized carbons (Fsp3) is 0.211. The summed E-state index contributed by atoms with van der Waals surface area (Å²) in [4.78, 5) is 16.8. The van der Waals surface area contributed by atoms with E-state index < -0.39 is 0 Å². The lowest BCUT2D eigenvalue weighted by Crippen LogP contribution is -2.22. The summed E-state index contributed by atoms with van der Waals surface area (Å²) < 4.78 is 5.20. The molecular weight excluding hydrogens is 288 g/mol. The molecule has 0 atom stereocenters. The predicted molar refractivity (Wildman–Crippen MR) is 92.9 cm³/mol. The molecule has 1 amide bonds. The fourth-order valence-electron chi connectivity index (χ4n) is 2.78. The number of para-hydroxylation sites is 1. The lowest BCUT2D eigenvalue weighted by Gasteiger charge is -2.18. The predicted octanol–water partition coefficient (Wildman–Crippen LogP) is 3.67. The van der Waals surface area contributed by atoms with Crippen molar-refractivity contribution < 1.29 is 9.53 Å². The number of benzene rings is 2. The minimum atomic E-state index is 0.00238. The second-order valence-corrected chi connectivity index (χ2v) is 5.71. The third kappa shape index (κ3) is 2.46. The Morgan fingerprint density at radius 2 is 1.70 bits per heavy atom. The molecule has 118 valence electrons. The zero-order valence-corrected chi connectivity index (χ0v) is 13.8. The van der Waals surface area contributed by atoms with Crippen LogP contribution in [0.5, 0.6) is 5.75 Å². The average Bonchev–Trinajstić information content (AvgIpc) is 2.86. The lowest BCUT2D eigenvalue weighted by atomic mass is 10.1. The van der Waals surface area contributed by atoms with Gasteiger partial charge in [-0.1, -0.05) is 18.2 Å². The Labute approximate surface area is 136 Å². The van der Waals surface area contributed by atoms with E-state index in [4.69, 9.17) is 4.74 Å². The van der Waals surface area contributed by atoms with Crippen molar-refractivity contribution >= 4 is 22.9 Å². The quantitative estimate of drug-likeness (QED) is 0.811. The van der Waals surface area contributed by atoms with Crippen LogP contribution >= 0.6 is 0 Å². The van der Waals surface area contributed by atoms with E-state index in [0.717, 1.165) is 34.0 Å². The van der Waals surface area contributed by atoms with Crippen LogP contribution in [0, 0.1) is 0 Å². The number of amides is 1. The van der Waals surface area contributed by atoms with Gasteiger partial charge >= 0.3 is 0 Å². The molecule has 4 nitrogen and oxygen atoms in total. The molecule has 0 saturated carbocycles. The first-order chi connectivity index (χ1) is 11.0. The molecular formula is C19H20N2O2. The van der Waals surface area contributed by atoms with Crippen LogP contribution in [0.3, 0.4) is 0 Å². The Hall–Kier alpha value is -2.75. The van der Waals surface area contributed by atoms with E-state index in [9.17, 15) is 4.79 Å². The summed E-state index contributed by atoms with van der Waals surface area (Å²) in [5, 5.41) is 0. The lowest BCUT2D eigenvalue weighted by molar-refractivity contribution is -0.112. The van der Waals surface area contributed by atoms with E-state index in [2.05, 4.69) is 0 Å². The highest BCUT2D eigenvalue weighted by molar-refractivity contribution is 6.35. The number of methoxy groups -OCH3 is 1. The van der Waals surface area contributed by atoms with Gasteiger partial charge in [0.25, 0.3) is 5.91 Å². The molecule has 0 aliphatic carbocycles. The van der Waals surface area contributed by atoms with Crippen molar-refractivity contribution in [3.63, 3.8) is 0 Å². The number of carbonyl (C=O) groups is 1. The summed E-state index contributed by atoms with van der Waals surface area (Å²) in [6, 6.07) is 15.4. The molecule has 23 heavy (non-hydrogen) atoms. The molecule has 2 aromatic carbocycles. The zero-order valence-electron chi connectivity index (χ0n) is 13.8. The van der Waals surface area contributed by atoms with Gasteiger partial charge in [0.15, 0.2) is 0 Å². The van der Waals surface area contributed by atoms with Crippen LogP contribution in [-0.4, -0.2) is 32.0 Å². The van der Waals surface area contributed by atoms with E-state index in [1.54, 1.807) is 12.0 Å². The first kappa shape index (κ1) is 15.2. The van der Waals surface area contributed by atoms with Crippen LogP contribution in [0.4, 0.5) is 11.4 Å². The minimum Gasteiger partial charge on any atom is -0.497 e. The molecule has 2 aromatic rings. The summed E-state index contributed by atoms with van der Waals surface area (Å²) in [6.45, 7) is 1.97. The Bertz CT molecular complexity index is 776. The maximum Gasteiger partial charge on any atom is 0.265 e. The van der Waals surface area contributed by atoms with Crippen molar-refractivity contribution in [2.45, 2.75) is 6.92 Å². The summed E-state index contributed by atoms with van der Waals surface area (Å²) in [6.07, 6.45) is 0. The Kier molecular flexibility index (Phi) is 3.82. The highest BCUT2D eigenvalue weighted by Crippen LogP contribution is 2.43. The van der Waals surface area contributed by atoms with E-state index in [1.165, 1.54) is 0 Å². The van der Waals surface area contributed by atoms with Crippen LogP contribution in [-0.2, 0) is 4.79 Å². The summed E-state index contributed by atoms with van der Waals surface area (Å²) in [7, 11) is 5.54. The fourth-order valence-corrected chi connectivity index (χ4v) is 2.78. The molecule has 1 aliphatic heterocycles. The van der Waals surface area contributed by atoms with Gasteiger partial charge < -0.3 is 9.64 Å². The molecule has 0 bridgehead atoms. The number of hydrogen-bond donors (Lipinski definition) is 0. The monoisotopic (exact) mass is 308 g/mol. The first-order valence-electron chi connectivity index (χ1n) is 7.50. The van der Waals surface area contributed by atoms with Gasteiger partial charge in [-0.15, -0.1) is 0 Å². The largest absolute Gasteiger partial charge is 0.497 e. The zero-order chi connectivity index (χ0) is 16.6. The van der Waals surface area contributed by atoms with Gasteiger partial charge in [-0.05, 0) is 37.3 Å². The molecule has 0 aromatic heterocycles. The smallest absolute Gasteiger partial charge is 0.265 e. The number of fused-ring (bicyclic) bond motifs is 1.